The van der Waals surface area contributed by atoms with Crippen molar-refractivity contribution in [3.05, 3.63) is 16.7 Å². The van der Waals surface area contributed by atoms with E-state index in [9.17, 15) is 19.8 Å². The summed E-state index contributed by atoms with van der Waals surface area (Å²) in [6.45, 7) is 3.07. The summed E-state index contributed by atoms with van der Waals surface area (Å²) in [6.07, 6.45) is -2.24. The number of aromatic nitrogens is 4. The number of aromatic amines is 1. The lowest BCUT2D eigenvalue weighted by atomic mass is 10.1. The lowest BCUT2D eigenvalue weighted by Gasteiger charge is -2.18. The summed E-state index contributed by atoms with van der Waals surface area (Å²) in [7, 11) is 1.40. The number of carbonyl (C=O) groups is 1. The van der Waals surface area contributed by atoms with Gasteiger partial charge in [-0.25, -0.2) is 4.98 Å². The standard InChI is InChI=1S/C15H21N5O6/c1-6(2)12(23)18-15-17-11-8(13(24)19-15)16-5-20(11)14-9(22)10(25-3)7(4-21)26-14/h5-7,9-10,14,21-22H,4H2,1-3H3,(H2,17,18,19,23,24)/t7-,9+,10?,14-/m1/s1. The zero-order valence-electron chi connectivity index (χ0n) is 14.5. The fourth-order valence-electron chi connectivity index (χ4n) is 2.82. The molecule has 1 unspecified atom stereocenters. The topological polar surface area (TPSA) is 152 Å². The van der Waals surface area contributed by atoms with Gasteiger partial charge < -0.3 is 19.7 Å². The number of rotatable bonds is 5. The summed E-state index contributed by atoms with van der Waals surface area (Å²) >= 11 is 0. The minimum absolute atomic E-state index is 0.0302. The molecular weight excluding hydrogens is 346 g/mol. The van der Waals surface area contributed by atoms with Gasteiger partial charge in [-0.2, -0.15) is 4.98 Å². The fourth-order valence-corrected chi connectivity index (χ4v) is 2.82. The van der Waals surface area contributed by atoms with Crippen LogP contribution in [0.25, 0.3) is 11.2 Å². The minimum Gasteiger partial charge on any atom is -0.394 e. The second-order valence-corrected chi connectivity index (χ2v) is 6.32. The van der Waals surface area contributed by atoms with Gasteiger partial charge in [-0.3, -0.25) is 24.5 Å². The van der Waals surface area contributed by atoms with Crippen LogP contribution in [0.3, 0.4) is 0 Å². The number of nitrogens with zero attached hydrogens (tertiary/aromatic N) is 3. The van der Waals surface area contributed by atoms with E-state index in [1.165, 1.54) is 18.0 Å². The van der Waals surface area contributed by atoms with Crippen LogP contribution in [0.15, 0.2) is 11.1 Å². The van der Waals surface area contributed by atoms with E-state index in [2.05, 4.69) is 20.3 Å². The third-order valence-corrected chi connectivity index (χ3v) is 4.23. The molecule has 1 aliphatic rings. The highest BCUT2D eigenvalue weighted by molar-refractivity contribution is 5.91. The molecule has 0 aromatic carbocycles. The number of ether oxygens (including phenoxy) is 2. The number of aliphatic hydroxyl groups is 2. The summed E-state index contributed by atoms with van der Waals surface area (Å²) in [6, 6.07) is 0. The number of imidazole rings is 1. The van der Waals surface area contributed by atoms with Crippen LogP contribution in [0, 0.1) is 5.92 Å². The number of methoxy groups -OCH3 is 1. The van der Waals surface area contributed by atoms with Crippen LogP contribution in [0.1, 0.15) is 20.1 Å². The van der Waals surface area contributed by atoms with Crippen molar-refractivity contribution >= 4 is 23.0 Å². The molecule has 0 saturated carbocycles. The van der Waals surface area contributed by atoms with E-state index in [1.54, 1.807) is 13.8 Å². The average Bonchev–Trinajstić information content (AvgIpc) is 3.15. The third kappa shape index (κ3) is 3.09. The average molecular weight is 367 g/mol. The molecular formula is C15H21N5O6. The molecule has 1 fully saturated rings. The van der Waals surface area contributed by atoms with Gasteiger partial charge in [0, 0.05) is 13.0 Å². The summed E-state index contributed by atoms with van der Waals surface area (Å²) < 4.78 is 12.2. The van der Waals surface area contributed by atoms with Crippen molar-refractivity contribution < 1.29 is 24.5 Å². The van der Waals surface area contributed by atoms with E-state index in [1.807, 2.05) is 0 Å². The molecule has 4 N–H and O–H groups in total. The van der Waals surface area contributed by atoms with Crippen molar-refractivity contribution in [2.75, 3.05) is 19.0 Å². The quantitative estimate of drug-likeness (QED) is 0.524. The maximum absolute atomic E-state index is 12.2. The largest absolute Gasteiger partial charge is 0.394 e. The number of nitrogens with one attached hydrogen (secondary N) is 2. The molecule has 3 heterocycles. The molecule has 0 bridgehead atoms. The Morgan fingerprint density at radius 1 is 1.54 bits per heavy atom. The van der Waals surface area contributed by atoms with E-state index in [4.69, 9.17) is 9.47 Å². The van der Waals surface area contributed by atoms with Crippen molar-refractivity contribution in [1.82, 2.24) is 19.5 Å². The molecule has 3 rings (SSSR count). The van der Waals surface area contributed by atoms with Crippen molar-refractivity contribution in [2.45, 2.75) is 38.4 Å². The zero-order valence-corrected chi connectivity index (χ0v) is 14.5. The highest BCUT2D eigenvalue weighted by atomic mass is 16.6. The van der Waals surface area contributed by atoms with E-state index >= 15 is 0 Å². The van der Waals surface area contributed by atoms with Crippen molar-refractivity contribution in [3.63, 3.8) is 0 Å². The number of amides is 1. The van der Waals surface area contributed by atoms with Gasteiger partial charge in [0.1, 0.15) is 18.3 Å². The molecule has 1 aliphatic heterocycles. The zero-order chi connectivity index (χ0) is 19.0. The Morgan fingerprint density at radius 3 is 2.85 bits per heavy atom. The molecule has 4 atom stereocenters. The van der Waals surface area contributed by atoms with Crippen molar-refractivity contribution in [1.29, 1.82) is 0 Å². The molecule has 142 valence electrons. The van der Waals surface area contributed by atoms with Gasteiger partial charge in [0.15, 0.2) is 17.4 Å². The fraction of sp³-hybridized carbons (Fsp3) is 0.600. The maximum atomic E-state index is 12.2. The predicted octanol–water partition coefficient (Wildman–Crippen LogP) is -1.02. The van der Waals surface area contributed by atoms with Gasteiger partial charge in [-0.05, 0) is 0 Å². The molecule has 2 aromatic rings. The van der Waals surface area contributed by atoms with Crippen molar-refractivity contribution in [2.24, 2.45) is 5.92 Å². The highest BCUT2D eigenvalue weighted by Gasteiger charge is 2.45. The van der Waals surface area contributed by atoms with E-state index < -0.39 is 30.1 Å². The number of anilines is 1. The summed E-state index contributed by atoms with van der Waals surface area (Å²) in [4.78, 5) is 34.7. The Balaban J connectivity index is 2.01. The number of aliphatic hydroxyl groups excluding tert-OH is 2. The van der Waals surface area contributed by atoms with Crippen molar-refractivity contribution in [3.8, 4) is 0 Å². The molecule has 11 heteroatoms. The number of H-pyrrole nitrogens is 1. The summed E-state index contributed by atoms with van der Waals surface area (Å²) in [5, 5.41) is 22.4. The SMILES string of the molecule is COC1[C@@H](CO)O[C@@H](n2cnc3c(=O)[nH]c(NC(=O)C(C)C)nc32)[C@H]1O. The molecule has 11 nitrogen and oxygen atoms in total. The third-order valence-electron chi connectivity index (χ3n) is 4.23. The second-order valence-electron chi connectivity index (χ2n) is 6.32. The first-order chi connectivity index (χ1) is 12.4. The van der Waals surface area contributed by atoms with Crippen LogP contribution in [0.5, 0.6) is 0 Å². The van der Waals surface area contributed by atoms with Crippen LogP contribution in [0.2, 0.25) is 0 Å². The van der Waals surface area contributed by atoms with Gasteiger partial charge in [-0.1, -0.05) is 13.8 Å². The monoisotopic (exact) mass is 367 g/mol. The van der Waals surface area contributed by atoms with Crippen LogP contribution >= 0.6 is 0 Å². The smallest absolute Gasteiger partial charge is 0.280 e. The van der Waals surface area contributed by atoms with Crippen LogP contribution in [-0.2, 0) is 14.3 Å². The second kappa shape index (κ2) is 7.11. The van der Waals surface area contributed by atoms with Crippen LogP contribution < -0.4 is 10.9 Å². The predicted molar refractivity (Wildman–Crippen MR) is 89.4 cm³/mol. The first-order valence-electron chi connectivity index (χ1n) is 8.12. The Labute approximate surface area is 148 Å². The van der Waals surface area contributed by atoms with E-state index in [-0.39, 0.29) is 35.5 Å². The molecule has 0 radical (unpaired) electrons. The Kier molecular flexibility index (Phi) is 5.05. The van der Waals surface area contributed by atoms with Gasteiger partial charge in [0.25, 0.3) is 5.56 Å². The lowest BCUT2D eigenvalue weighted by molar-refractivity contribution is -0.118. The molecule has 0 spiro atoms. The van der Waals surface area contributed by atoms with Crippen LogP contribution in [-0.4, -0.2) is 67.7 Å². The van der Waals surface area contributed by atoms with E-state index in [0.717, 1.165) is 0 Å². The Hall–Kier alpha value is -2.34. The highest BCUT2D eigenvalue weighted by Crippen LogP contribution is 2.32. The number of hydrogen-bond acceptors (Lipinski definition) is 8. The van der Waals surface area contributed by atoms with Crippen LogP contribution in [0.4, 0.5) is 5.95 Å². The summed E-state index contributed by atoms with van der Waals surface area (Å²) in [5.41, 5.74) is -0.377. The maximum Gasteiger partial charge on any atom is 0.280 e. The number of carbonyl (C=O) groups excluding carboxylic acids is 1. The first-order valence-corrected chi connectivity index (χ1v) is 8.12. The van der Waals surface area contributed by atoms with Gasteiger partial charge in [0.05, 0.1) is 12.9 Å². The molecule has 1 amide bonds. The van der Waals surface area contributed by atoms with Gasteiger partial charge >= 0.3 is 0 Å². The Morgan fingerprint density at radius 2 is 2.27 bits per heavy atom. The number of hydrogen-bond donors (Lipinski definition) is 4. The number of fused-ring (bicyclic) bond motifs is 1. The normalized spacial score (nSPS) is 25.9. The first kappa shape index (κ1) is 18.5. The lowest BCUT2D eigenvalue weighted by Crippen LogP contribution is -2.35. The summed E-state index contributed by atoms with van der Waals surface area (Å²) in [5.74, 6) is -0.637. The minimum atomic E-state index is -1.11. The molecule has 1 saturated heterocycles. The molecule has 2 aromatic heterocycles. The van der Waals surface area contributed by atoms with E-state index in [0.29, 0.717) is 0 Å². The Bertz CT molecular complexity index is 862. The molecule has 0 aliphatic carbocycles. The van der Waals surface area contributed by atoms with Gasteiger partial charge in [-0.15, -0.1) is 0 Å². The molecule has 26 heavy (non-hydrogen) atoms. The van der Waals surface area contributed by atoms with Gasteiger partial charge in [0.2, 0.25) is 11.9 Å².